The summed E-state index contributed by atoms with van der Waals surface area (Å²) in [5, 5.41) is 3.42. The maximum atomic E-state index is 14.4. The van der Waals surface area contributed by atoms with E-state index in [0.717, 1.165) is 4.31 Å². The van der Waals surface area contributed by atoms with Gasteiger partial charge in [-0.3, -0.25) is 13.9 Å². The minimum atomic E-state index is -4.49. The van der Waals surface area contributed by atoms with E-state index in [0.29, 0.717) is 40.1 Å². The highest BCUT2D eigenvalue weighted by Crippen LogP contribution is 2.38. The van der Waals surface area contributed by atoms with Crippen LogP contribution in [0.15, 0.2) is 59.5 Å². The smallest absolute Gasteiger partial charge is 0.265 e. The second-order valence-corrected chi connectivity index (χ2v) is 12.7. The molecule has 3 aromatic carbocycles. The molecular formula is C32H39Cl2N3O8S. The summed E-state index contributed by atoms with van der Waals surface area (Å²) in [7, 11) is 1.13. The van der Waals surface area contributed by atoms with Crippen molar-refractivity contribution in [3.8, 4) is 23.0 Å². The van der Waals surface area contributed by atoms with Gasteiger partial charge in [0.2, 0.25) is 11.8 Å². The molecule has 0 aliphatic heterocycles. The first-order valence-electron chi connectivity index (χ1n) is 14.4. The molecule has 0 saturated heterocycles. The molecule has 0 aliphatic carbocycles. The van der Waals surface area contributed by atoms with Crippen LogP contribution in [0.5, 0.6) is 23.0 Å². The summed E-state index contributed by atoms with van der Waals surface area (Å²) in [4.78, 5) is 28.9. The average Bonchev–Trinajstić information content (AvgIpc) is 3.06. The Labute approximate surface area is 280 Å². The highest BCUT2D eigenvalue weighted by molar-refractivity contribution is 7.92. The molecule has 0 aliphatic rings. The van der Waals surface area contributed by atoms with E-state index in [1.54, 1.807) is 31.2 Å². The second-order valence-electron chi connectivity index (χ2n) is 10.0. The normalized spacial score (nSPS) is 11.7. The Morgan fingerprint density at radius 2 is 1.48 bits per heavy atom. The van der Waals surface area contributed by atoms with E-state index < -0.39 is 34.4 Å². The maximum Gasteiger partial charge on any atom is 0.265 e. The van der Waals surface area contributed by atoms with E-state index in [1.165, 1.54) is 63.7 Å². The fourth-order valence-corrected chi connectivity index (χ4v) is 6.70. The predicted octanol–water partition coefficient (Wildman–Crippen LogP) is 5.56. The Morgan fingerprint density at radius 1 is 0.848 bits per heavy atom. The molecule has 11 nitrogen and oxygen atoms in total. The molecule has 0 fully saturated rings. The zero-order valence-corrected chi connectivity index (χ0v) is 29.0. The van der Waals surface area contributed by atoms with Crippen LogP contribution in [-0.4, -0.2) is 72.7 Å². The van der Waals surface area contributed by atoms with E-state index in [1.807, 2.05) is 6.92 Å². The molecule has 3 rings (SSSR count). The van der Waals surface area contributed by atoms with Crippen molar-refractivity contribution in [3.63, 3.8) is 0 Å². The molecule has 250 valence electrons. The predicted molar refractivity (Wildman–Crippen MR) is 178 cm³/mol. The van der Waals surface area contributed by atoms with Gasteiger partial charge in [0.15, 0.2) is 11.5 Å². The molecule has 0 saturated carbocycles. The van der Waals surface area contributed by atoms with Gasteiger partial charge in [0, 0.05) is 40.8 Å². The third kappa shape index (κ3) is 8.28. The summed E-state index contributed by atoms with van der Waals surface area (Å²) in [5.74, 6) is -0.125. The van der Waals surface area contributed by atoms with Crippen molar-refractivity contribution in [3.05, 3.63) is 70.2 Å². The van der Waals surface area contributed by atoms with Crippen LogP contribution in [0.4, 0.5) is 5.69 Å². The number of hydrogen-bond acceptors (Lipinski definition) is 8. The number of rotatable bonds is 16. The van der Waals surface area contributed by atoms with Crippen molar-refractivity contribution in [1.29, 1.82) is 0 Å². The van der Waals surface area contributed by atoms with Crippen molar-refractivity contribution in [2.45, 2.75) is 44.2 Å². The van der Waals surface area contributed by atoms with E-state index in [-0.39, 0.29) is 35.0 Å². The molecular weight excluding hydrogens is 657 g/mol. The number of methoxy groups -OCH3 is 4. The number of hydrogen-bond donors (Lipinski definition) is 1. The van der Waals surface area contributed by atoms with Crippen LogP contribution in [0, 0.1) is 0 Å². The topological polar surface area (TPSA) is 124 Å². The van der Waals surface area contributed by atoms with Gasteiger partial charge in [0.25, 0.3) is 10.0 Å². The van der Waals surface area contributed by atoms with Gasteiger partial charge in [-0.25, -0.2) is 8.42 Å². The van der Waals surface area contributed by atoms with Gasteiger partial charge in [0.1, 0.15) is 24.1 Å². The largest absolute Gasteiger partial charge is 0.497 e. The van der Waals surface area contributed by atoms with Crippen molar-refractivity contribution in [2.75, 3.05) is 45.8 Å². The quantitative estimate of drug-likeness (QED) is 0.207. The summed E-state index contributed by atoms with van der Waals surface area (Å²) < 4.78 is 51.4. The lowest BCUT2D eigenvalue weighted by molar-refractivity contribution is -0.140. The Bertz CT molecular complexity index is 1620. The van der Waals surface area contributed by atoms with Crippen LogP contribution in [0.25, 0.3) is 0 Å². The van der Waals surface area contributed by atoms with E-state index in [9.17, 15) is 18.0 Å². The maximum absolute atomic E-state index is 14.4. The average molecular weight is 697 g/mol. The van der Waals surface area contributed by atoms with Crippen molar-refractivity contribution in [2.24, 2.45) is 0 Å². The fraction of sp³-hybridized carbons (Fsp3) is 0.375. The first-order valence-corrected chi connectivity index (χ1v) is 16.6. The summed E-state index contributed by atoms with van der Waals surface area (Å²) >= 11 is 13.0. The van der Waals surface area contributed by atoms with E-state index >= 15 is 0 Å². The number of ether oxygens (including phenoxy) is 4. The standard InChI is InChI=1S/C32H39Cl2N3O8S/c1-7-16-35-32(39)26(8-2)36(19-23-24(33)10-9-11-25(23)34)31(38)20-37(27-17-21(42-3)12-14-28(27)43-4)46(40,41)22-13-15-29(44-5)30(18-22)45-6/h9-15,17-18,26H,7-8,16,19-20H2,1-6H3,(H,35,39)/t26-/m0/s1. The lowest BCUT2D eigenvalue weighted by Gasteiger charge is -2.34. The summed E-state index contributed by atoms with van der Waals surface area (Å²) in [5.41, 5.74) is 0.443. The summed E-state index contributed by atoms with van der Waals surface area (Å²) in [6.07, 6.45) is 0.910. The van der Waals surface area contributed by atoms with Crippen LogP contribution < -0.4 is 28.6 Å². The van der Waals surface area contributed by atoms with Crippen LogP contribution >= 0.6 is 23.2 Å². The van der Waals surface area contributed by atoms with E-state index in [2.05, 4.69) is 5.32 Å². The van der Waals surface area contributed by atoms with Crippen LogP contribution in [0.3, 0.4) is 0 Å². The van der Waals surface area contributed by atoms with Gasteiger partial charge in [0.05, 0.1) is 39.0 Å². The van der Waals surface area contributed by atoms with Crippen LogP contribution in [0.2, 0.25) is 10.0 Å². The number of amides is 2. The molecule has 0 bridgehead atoms. The second kappa shape index (κ2) is 16.6. The number of sulfonamides is 1. The zero-order valence-electron chi connectivity index (χ0n) is 26.6. The molecule has 14 heteroatoms. The van der Waals surface area contributed by atoms with E-state index in [4.69, 9.17) is 42.1 Å². The molecule has 0 spiro atoms. The van der Waals surface area contributed by atoms with Gasteiger partial charge in [-0.05, 0) is 49.2 Å². The summed E-state index contributed by atoms with van der Waals surface area (Å²) in [6.45, 7) is 3.18. The van der Waals surface area contributed by atoms with Crippen molar-refractivity contribution >= 4 is 50.7 Å². The SMILES string of the molecule is CCCNC(=O)[C@H](CC)N(Cc1c(Cl)cccc1Cl)C(=O)CN(c1cc(OC)ccc1OC)S(=O)(=O)c1ccc(OC)c(OC)c1. The number of nitrogens with one attached hydrogen (secondary N) is 1. The third-order valence-corrected chi connectivity index (χ3v) is 9.67. The van der Waals surface area contributed by atoms with Crippen molar-refractivity contribution in [1.82, 2.24) is 10.2 Å². The molecule has 0 radical (unpaired) electrons. The van der Waals surface area contributed by atoms with Crippen LogP contribution in [0.1, 0.15) is 32.3 Å². The molecule has 2 amide bonds. The molecule has 0 aromatic heterocycles. The first kappa shape index (κ1) is 36.6. The Hall–Kier alpha value is -3.87. The van der Waals surface area contributed by atoms with Gasteiger partial charge in [-0.1, -0.05) is 43.1 Å². The van der Waals surface area contributed by atoms with Gasteiger partial charge < -0.3 is 29.2 Å². The molecule has 46 heavy (non-hydrogen) atoms. The van der Waals surface area contributed by atoms with Crippen molar-refractivity contribution < 1.29 is 37.0 Å². The highest BCUT2D eigenvalue weighted by atomic mass is 35.5. The number of halogens is 2. The monoisotopic (exact) mass is 695 g/mol. The van der Waals surface area contributed by atoms with Crippen LogP contribution in [-0.2, 0) is 26.2 Å². The number of nitrogens with zero attached hydrogens (tertiary/aromatic N) is 2. The highest BCUT2D eigenvalue weighted by Gasteiger charge is 2.36. The lowest BCUT2D eigenvalue weighted by atomic mass is 10.1. The number of carbonyl (C=O) groups is 2. The fourth-order valence-electron chi connectivity index (χ4n) is 4.75. The third-order valence-electron chi connectivity index (χ3n) is 7.20. The first-order chi connectivity index (χ1) is 22.0. The number of benzene rings is 3. The van der Waals surface area contributed by atoms with Gasteiger partial charge >= 0.3 is 0 Å². The molecule has 0 unspecified atom stereocenters. The molecule has 1 N–H and O–H groups in total. The minimum Gasteiger partial charge on any atom is -0.497 e. The zero-order chi connectivity index (χ0) is 34.0. The number of carbonyl (C=O) groups excluding carboxylic acids is 2. The molecule has 0 heterocycles. The van der Waals surface area contributed by atoms with Gasteiger partial charge in [-0.15, -0.1) is 0 Å². The Morgan fingerprint density at radius 3 is 2.04 bits per heavy atom. The number of anilines is 1. The Balaban J connectivity index is 2.23. The van der Waals surface area contributed by atoms with Gasteiger partial charge in [-0.2, -0.15) is 0 Å². The Kier molecular flexibility index (Phi) is 13.2. The summed E-state index contributed by atoms with van der Waals surface area (Å²) in [6, 6.07) is 12.6. The molecule has 3 aromatic rings. The minimum absolute atomic E-state index is 0.0317. The molecule has 1 atom stereocenters. The lowest BCUT2D eigenvalue weighted by Crippen LogP contribution is -2.52.